The fourth-order valence-corrected chi connectivity index (χ4v) is 3.58. The molecule has 0 aliphatic carbocycles. The molecule has 0 aromatic carbocycles. The molecule has 1 aliphatic heterocycles. The molecule has 6 nitrogen and oxygen atoms in total. The summed E-state index contributed by atoms with van der Waals surface area (Å²) < 4.78 is 27.7. The van der Waals surface area contributed by atoms with E-state index >= 15 is 0 Å². The number of nitrogens with zero attached hydrogens (tertiary/aromatic N) is 2. The molecule has 1 heterocycles. The summed E-state index contributed by atoms with van der Waals surface area (Å²) in [6, 6.07) is 0. The van der Waals surface area contributed by atoms with Crippen molar-refractivity contribution in [3.05, 3.63) is 12.4 Å². The molecule has 24 heavy (non-hydrogen) atoms. The molecule has 0 spiro atoms. The van der Waals surface area contributed by atoms with E-state index in [4.69, 9.17) is 13.6 Å². The fraction of sp³-hybridized carbons (Fsp3) is 0.882. The zero-order valence-electron chi connectivity index (χ0n) is 15.8. The lowest BCUT2D eigenvalue weighted by atomic mass is 10.1. The van der Waals surface area contributed by atoms with Gasteiger partial charge in [0.2, 0.25) is 6.35 Å². The first-order valence-electron chi connectivity index (χ1n) is 9.20. The highest BCUT2D eigenvalue weighted by Crippen LogP contribution is 2.50. The van der Waals surface area contributed by atoms with Crippen LogP contribution in [0.4, 0.5) is 0 Å². The molecule has 0 amide bonds. The van der Waals surface area contributed by atoms with Crippen LogP contribution in [0.5, 0.6) is 0 Å². The van der Waals surface area contributed by atoms with E-state index in [-0.39, 0.29) is 0 Å². The Bertz CT molecular complexity index is 398. The minimum atomic E-state index is -3.50. The lowest BCUT2D eigenvalue weighted by Gasteiger charge is -2.32. The van der Waals surface area contributed by atoms with Crippen LogP contribution in [-0.4, -0.2) is 43.5 Å². The van der Waals surface area contributed by atoms with E-state index in [1.807, 2.05) is 24.2 Å². The number of phosphoric ester groups is 1. The average Bonchev–Trinajstić information content (AvgIpc) is 2.98. The lowest BCUT2D eigenvalue weighted by molar-refractivity contribution is -0.0479. The van der Waals surface area contributed by atoms with E-state index in [2.05, 4.69) is 11.8 Å². The van der Waals surface area contributed by atoms with Crippen LogP contribution in [0.25, 0.3) is 0 Å². The SMILES string of the molecule is CCCCCCCCCCN1C=CN(CC)C1OP(=O)(OC)OC. The van der Waals surface area contributed by atoms with Gasteiger partial charge >= 0.3 is 7.82 Å². The Morgan fingerprint density at radius 2 is 1.42 bits per heavy atom. The number of hydrogen-bond acceptors (Lipinski definition) is 6. The van der Waals surface area contributed by atoms with Crippen LogP contribution in [0, 0.1) is 0 Å². The minimum Gasteiger partial charge on any atom is -0.334 e. The predicted molar refractivity (Wildman–Crippen MR) is 97.3 cm³/mol. The first-order chi connectivity index (χ1) is 11.6. The highest BCUT2D eigenvalue weighted by atomic mass is 31.2. The van der Waals surface area contributed by atoms with Crippen LogP contribution in [0.3, 0.4) is 0 Å². The molecule has 0 N–H and O–H groups in total. The summed E-state index contributed by atoms with van der Waals surface area (Å²) in [6.07, 6.45) is 13.8. The Balaban J connectivity index is 2.34. The van der Waals surface area contributed by atoms with Crippen molar-refractivity contribution in [2.45, 2.75) is 71.6 Å². The van der Waals surface area contributed by atoms with Crippen LogP contribution in [0.2, 0.25) is 0 Å². The predicted octanol–water partition coefficient (Wildman–Crippen LogP) is 4.94. The number of rotatable bonds is 14. The molecule has 142 valence electrons. The Labute approximate surface area is 147 Å². The number of unbranched alkanes of at least 4 members (excludes halogenated alkanes) is 7. The molecule has 0 radical (unpaired) electrons. The van der Waals surface area contributed by atoms with E-state index in [1.165, 1.54) is 59.2 Å². The maximum absolute atomic E-state index is 12.3. The van der Waals surface area contributed by atoms with Gasteiger partial charge in [-0.15, -0.1) is 0 Å². The van der Waals surface area contributed by atoms with Crippen LogP contribution >= 0.6 is 7.82 Å². The largest absolute Gasteiger partial charge is 0.477 e. The number of phosphoric acid groups is 1. The van der Waals surface area contributed by atoms with Gasteiger partial charge < -0.3 is 9.80 Å². The van der Waals surface area contributed by atoms with Crippen molar-refractivity contribution in [3.8, 4) is 0 Å². The van der Waals surface area contributed by atoms with Gasteiger partial charge in [0.25, 0.3) is 0 Å². The van der Waals surface area contributed by atoms with Crippen molar-refractivity contribution in [2.24, 2.45) is 0 Å². The highest BCUT2D eigenvalue weighted by molar-refractivity contribution is 7.48. The Morgan fingerprint density at radius 1 is 0.875 bits per heavy atom. The van der Waals surface area contributed by atoms with Crippen molar-refractivity contribution in [2.75, 3.05) is 27.3 Å². The Morgan fingerprint density at radius 3 is 1.96 bits per heavy atom. The summed E-state index contributed by atoms with van der Waals surface area (Å²) in [6.45, 7) is 5.92. The quantitative estimate of drug-likeness (QED) is 0.322. The molecular weight excluding hydrogens is 327 g/mol. The van der Waals surface area contributed by atoms with Gasteiger partial charge in [0.05, 0.1) is 0 Å². The van der Waals surface area contributed by atoms with E-state index in [9.17, 15) is 4.57 Å². The van der Waals surface area contributed by atoms with Gasteiger partial charge in [-0.05, 0) is 13.3 Å². The third kappa shape index (κ3) is 7.14. The summed E-state index contributed by atoms with van der Waals surface area (Å²) in [5.41, 5.74) is 0. The van der Waals surface area contributed by atoms with Crippen molar-refractivity contribution in [1.82, 2.24) is 9.80 Å². The maximum atomic E-state index is 12.3. The molecule has 0 bridgehead atoms. The van der Waals surface area contributed by atoms with Crippen molar-refractivity contribution in [1.29, 1.82) is 0 Å². The van der Waals surface area contributed by atoms with Crippen molar-refractivity contribution >= 4 is 7.82 Å². The fourth-order valence-electron chi connectivity index (χ4n) is 2.78. The maximum Gasteiger partial charge on any atom is 0.477 e. The molecule has 1 rings (SSSR count). The standard InChI is InChI=1S/C17H35N2O4P/c1-5-7-8-9-10-11-12-13-14-19-16-15-18(6-2)17(19)23-24(20,21-3)22-4/h15-17H,5-14H2,1-4H3. The van der Waals surface area contributed by atoms with Gasteiger partial charge in [-0.3, -0.25) is 9.05 Å². The summed E-state index contributed by atoms with van der Waals surface area (Å²) in [5.74, 6) is 0. The van der Waals surface area contributed by atoms with Gasteiger partial charge in [-0.1, -0.05) is 51.9 Å². The van der Waals surface area contributed by atoms with E-state index in [0.29, 0.717) is 0 Å². The molecule has 0 saturated heterocycles. The summed E-state index contributed by atoms with van der Waals surface area (Å²) in [4.78, 5) is 4.04. The number of hydrogen-bond donors (Lipinski definition) is 0. The van der Waals surface area contributed by atoms with Crippen molar-refractivity contribution in [3.63, 3.8) is 0 Å². The second-order valence-electron chi connectivity index (χ2n) is 6.09. The van der Waals surface area contributed by atoms with Gasteiger partial charge in [-0.2, -0.15) is 0 Å². The van der Waals surface area contributed by atoms with Crippen LogP contribution in [0.15, 0.2) is 12.4 Å². The molecule has 7 heteroatoms. The van der Waals surface area contributed by atoms with Gasteiger partial charge in [-0.25, -0.2) is 9.09 Å². The zero-order chi connectivity index (χ0) is 17.8. The average molecular weight is 362 g/mol. The molecule has 0 saturated carbocycles. The Kier molecular flexibility index (Phi) is 10.7. The van der Waals surface area contributed by atoms with E-state index in [1.54, 1.807) is 0 Å². The lowest BCUT2D eigenvalue weighted by Crippen LogP contribution is -2.40. The smallest absolute Gasteiger partial charge is 0.334 e. The molecule has 0 fully saturated rings. The molecule has 0 aromatic heterocycles. The minimum absolute atomic E-state index is 0.426. The molecule has 1 atom stereocenters. The Hall–Kier alpha value is -0.550. The van der Waals surface area contributed by atoms with E-state index in [0.717, 1.165) is 19.5 Å². The summed E-state index contributed by atoms with van der Waals surface area (Å²) in [5, 5.41) is 0. The van der Waals surface area contributed by atoms with Gasteiger partial charge in [0.1, 0.15) is 0 Å². The molecule has 1 aliphatic rings. The topological polar surface area (TPSA) is 51.2 Å². The van der Waals surface area contributed by atoms with Crippen LogP contribution < -0.4 is 0 Å². The molecule has 1 unspecified atom stereocenters. The first kappa shape index (κ1) is 21.5. The summed E-state index contributed by atoms with van der Waals surface area (Å²) in [7, 11) is -0.824. The second kappa shape index (κ2) is 11.9. The first-order valence-corrected chi connectivity index (χ1v) is 10.7. The zero-order valence-corrected chi connectivity index (χ0v) is 16.7. The summed E-state index contributed by atoms with van der Waals surface area (Å²) >= 11 is 0. The van der Waals surface area contributed by atoms with E-state index < -0.39 is 14.2 Å². The second-order valence-corrected chi connectivity index (χ2v) is 7.92. The normalized spacial score (nSPS) is 17.9. The van der Waals surface area contributed by atoms with Gasteiger partial charge in [0, 0.05) is 39.7 Å². The molecule has 0 aromatic rings. The molecular formula is C17H35N2O4P. The third-order valence-electron chi connectivity index (χ3n) is 4.32. The third-order valence-corrected chi connectivity index (χ3v) is 5.66. The van der Waals surface area contributed by atoms with Crippen LogP contribution in [0.1, 0.15) is 65.2 Å². The highest BCUT2D eigenvalue weighted by Gasteiger charge is 2.35. The van der Waals surface area contributed by atoms with Crippen molar-refractivity contribution < 1.29 is 18.1 Å². The van der Waals surface area contributed by atoms with Gasteiger partial charge in [0.15, 0.2) is 0 Å². The monoisotopic (exact) mass is 362 g/mol. The van der Waals surface area contributed by atoms with Crippen LogP contribution in [-0.2, 0) is 18.1 Å².